The van der Waals surface area contributed by atoms with E-state index in [9.17, 15) is 14.4 Å². The molecule has 0 radical (unpaired) electrons. The highest BCUT2D eigenvalue weighted by Gasteiger charge is 2.36. The number of rotatable bonds is 5. The van der Waals surface area contributed by atoms with Crippen molar-refractivity contribution in [3.8, 4) is 0 Å². The van der Waals surface area contributed by atoms with Gasteiger partial charge >= 0.3 is 0 Å². The molecule has 3 amide bonds. The zero-order chi connectivity index (χ0) is 21.3. The Bertz CT molecular complexity index is 1110. The van der Waals surface area contributed by atoms with E-state index in [0.29, 0.717) is 11.1 Å². The molecule has 6 heteroatoms. The first kappa shape index (κ1) is 19.5. The zero-order valence-electron chi connectivity index (χ0n) is 16.8. The van der Waals surface area contributed by atoms with Crippen molar-refractivity contribution >= 4 is 17.7 Å². The first-order valence-electron chi connectivity index (χ1n) is 9.68. The number of aromatic nitrogens is 1. The number of benzene rings is 2. The van der Waals surface area contributed by atoms with Crippen LogP contribution in [0.1, 0.15) is 55.2 Å². The molecule has 4 rings (SSSR count). The largest absolute Gasteiger partial charge is 0.335 e. The van der Waals surface area contributed by atoms with E-state index in [0.717, 1.165) is 11.1 Å². The third-order valence-corrected chi connectivity index (χ3v) is 5.49. The van der Waals surface area contributed by atoms with Crippen LogP contribution in [-0.4, -0.2) is 39.6 Å². The molecule has 6 nitrogen and oxygen atoms in total. The summed E-state index contributed by atoms with van der Waals surface area (Å²) >= 11 is 0. The van der Waals surface area contributed by atoms with Gasteiger partial charge in [-0.25, -0.2) is 0 Å². The molecule has 0 saturated carbocycles. The highest BCUT2D eigenvalue weighted by Crippen LogP contribution is 2.27. The summed E-state index contributed by atoms with van der Waals surface area (Å²) in [5.74, 6) is -0.945. The van der Waals surface area contributed by atoms with Crippen LogP contribution in [-0.2, 0) is 6.54 Å². The van der Waals surface area contributed by atoms with E-state index >= 15 is 0 Å². The van der Waals surface area contributed by atoms with Crippen molar-refractivity contribution in [1.29, 1.82) is 0 Å². The van der Waals surface area contributed by atoms with E-state index in [4.69, 9.17) is 0 Å². The van der Waals surface area contributed by atoms with Crippen molar-refractivity contribution in [3.05, 3.63) is 101 Å². The molecule has 0 saturated heterocycles. The highest BCUT2D eigenvalue weighted by molar-refractivity contribution is 6.22. The fraction of sp³-hybridized carbons (Fsp3) is 0.167. The molecule has 0 aliphatic carbocycles. The number of fused-ring (bicyclic) bond motifs is 1. The lowest BCUT2D eigenvalue weighted by atomic mass is 10.0. The second-order valence-corrected chi connectivity index (χ2v) is 7.31. The minimum Gasteiger partial charge on any atom is -0.335 e. The minimum atomic E-state index is -0.389. The Morgan fingerprint density at radius 3 is 2.33 bits per heavy atom. The van der Waals surface area contributed by atoms with E-state index in [1.165, 1.54) is 11.0 Å². The standard InChI is InChI=1S/C24H21N3O3/c1-16(18-6-4-3-5-7-18)26(2)22(28)19-8-9-20-21(14-19)24(30)27(23(20)29)15-17-10-12-25-13-11-17/h3-14,16H,15H2,1-2H3/t16-/m0/s1. The molecule has 0 unspecified atom stereocenters. The molecule has 150 valence electrons. The molecular formula is C24H21N3O3. The van der Waals surface area contributed by atoms with Crippen LogP contribution in [0.3, 0.4) is 0 Å². The maximum atomic E-state index is 13.0. The number of amides is 3. The Morgan fingerprint density at radius 2 is 1.63 bits per heavy atom. The number of nitrogens with zero attached hydrogens (tertiary/aromatic N) is 3. The van der Waals surface area contributed by atoms with Crippen molar-refractivity contribution in [2.24, 2.45) is 0 Å². The number of carbonyl (C=O) groups excluding carboxylic acids is 3. The van der Waals surface area contributed by atoms with Crippen LogP contribution in [0.15, 0.2) is 73.1 Å². The van der Waals surface area contributed by atoms with Gasteiger partial charge in [-0.1, -0.05) is 30.3 Å². The Balaban J connectivity index is 1.57. The number of imide groups is 1. The van der Waals surface area contributed by atoms with Gasteiger partial charge < -0.3 is 4.90 Å². The number of carbonyl (C=O) groups is 3. The van der Waals surface area contributed by atoms with Crippen molar-refractivity contribution in [1.82, 2.24) is 14.8 Å². The van der Waals surface area contributed by atoms with Crippen LogP contribution in [0.4, 0.5) is 0 Å². The molecule has 3 aromatic rings. The van der Waals surface area contributed by atoms with Gasteiger partial charge in [0.05, 0.1) is 23.7 Å². The van der Waals surface area contributed by atoms with Crippen molar-refractivity contribution in [2.75, 3.05) is 7.05 Å². The fourth-order valence-corrected chi connectivity index (χ4v) is 3.57. The summed E-state index contributed by atoms with van der Waals surface area (Å²) in [6, 6.07) is 17.8. The summed E-state index contributed by atoms with van der Waals surface area (Å²) in [6.07, 6.45) is 3.24. The highest BCUT2D eigenvalue weighted by atomic mass is 16.2. The number of hydrogen-bond acceptors (Lipinski definition) is 4. The summed E-state index contributed by atoms with van der Waals surface area (Å²) in [4.78, 5) is 45.4. The maximum Gasteiger partial charge on any atom is 0.261 e. The van der Waals surface area contributed by atoms with Gasteiger partial charge in [-0.05, 0) is 48.4 Å². The smallest absolute Gasteiger partial charge is 0.261 e. The monoisotopic (exact) mass is 399 g/mol. The maximum absolute atomic E-state index is 13.0. The van der Waals surface area contributed by atoms with Gasteiger partial charge in [0, 0.05) is 25.0 Å². The molecule has 30 heavy (non-hydrogen) atoms. The van der Waals surface area contributed by atoms with Gasteiger partial charge in [-0.2, -0.15) is 0 Å². The Kier molecular flexibility index (Phi) is 5.14. The average molecular weight is 399 g/mol. The first-order valence-corrected chi connectivity index (χ1v) is 9.68. The SMILES string of the molecule is C[C@@H](c1ccccc1)N(C)C(=O)c1ccc2c(c1)C(=O)N(Cc1ccncc1)C2=O. The Labute approximate surface area is 174 Å². The zero-order valence-corrected chi connectivity index (χ0v) is 16.8. The van der Waals surface area contributed by atoms with Gasteiger partial charge in [0.1, 0.15) is 0 Å². The molecule has 2 aromatic carbocycles. The van der Waals surface area contributed by atoms with E-state index in [2.05, 4.69) is 4.98 Å². The lowest BCUT2D eigenvalue weighted by Crippen LogP contribution is -2.30. The molecule has 0 bridgehead atoms. The summed E-state index contributed by atoms with van der Waals surface area (Å²) in [6.45, 7) is 2.12. The molecule has 2 heterocycles. The average Bonchev–Trinajstić information content (AvgIpc) is 3.03. The summed E-state index contributed by atoms with van der Waals surface area (Å²) in [7, 11) is 1.73. The van der Waals surface area contributed by atoms with Gasteiger partial charge in [-0.15, -0.1) is 0 Å². The predicted molar refractivity (Wildman–Crippen MR) is 112 cm³/mol. The summed E-state index contributed by atoms with van der Waals surface area (Å²) in [5, 5.41) is 0. The molecule has 1 atom stereocenters. The van der Waals surface area contributed by atoms with Crippen LogP contribution >= 0.6 is 0 Å². The lowest BCUT2D eigenvalue weighted by Gasteiger charge is -2.25. The summed E-state index contributed by atoms with van der Waals surface area (Å²) < 4.78 is 0. The third kappa shape index (κ3) is 3.48. The normalized spacial score (nSPS) is 13.9. The van der Waals surface area contributed by atoms with Crippen LogP contribution < -0.4 is 0 Å². The van der Waals surface area contributed by atoms with Crippen LogP contribution in [0, 0.1) is 0 Å². The molecule has 0 fully saturated rings. The quantitative estimate of drug-likeness (QED) is 0.613. The Hall–Kier alpha value is -3.80. The second kappa shape index (κ2) is 7.91. The van der Waals surface area contributed by atoms with Gasteiger partial charge in [0.25, 0.3) is 17.7 Å². The van der Waals surface area contributed by atoms with Crippen LogP contribution in [0.25, 0.3) is 0 Å². The second-order valence-electron chi connectivity index (χ2n) is 7.31. The molecular weight excluding hydrogens is 378 g/mol. The number of hydrogen-bond donors (Lipinski definition) is 0. The molecule has 0 spiro atoms. The van der Waals surface area contributed by atoms with E-state index in [1.54, 1.807) is 48.6 Å². The number of pyridine rings is 1. The minimum absolute atomic E-state index is 0.132. The topological polar surface area (TPSA) is 70.6 Å². The predicted octanol–water partition coefficient (Wildman–Crippen LogP) is 3.71. The van der Waals surface area contributed by atoms with Gasteiger partial charge in [0.2, 0.25) is 0 Å². The van der Waals surface area contributed by atoms with Crippen molar-refractivity contribution < 1.29 is 14.4 Å². The van der Waals surface area contributed by atoms with Gasteiger partial charge in [-0.3, -0.25) is 24.3 Å². The summed E-state index contributed by atoms with van der Waals surface area (Å²) in [5.41, 5.74) is 2.80. The van der Waals surface area contributed by atoms with Gasteiger partial charge in [0.15, 0.2) is 0 Å². The van der Waals surface area contributed by atoms with E-state index < -0.39 is 0 Å². The Morgan fingerprint density at radius 1 is 0.967 bits per heavy atom. The van der Waals surface area contributed by atoms with Crippen LogP contribution in [0.5, 0.6) is 0 Å². The van der Waals surface area contributed by atoms with Crippen molar-refractivity contribution in [2.45, 2.75) is 19.5 Å². The van der Waals surface area contributed by atoms with E-state index in [-0.39, 0.29) is 35.9 Å². The molecule has 1 aliphatic heterocycles. The fourth-order valence-electron chi connectivity index (χ4n) is 3.57. The molecule has 1 aromatic heterocycles. The third-order valence-electron chi connectivity index (χ3n) is 5.49. The molecule has 0 N–H and O–H groups in total. The van der Waals surface area contributed by atoms with E-state index in [1.807, 2.05) is 37.3 Å². The lowest BCUT2D eigenvalue weighted by molar-refractivity contribution is 0.0641. The van der Waals surface area contributed by atoms with Crippen LogP contribution in [0.2, 0.25) is 0 Å². The molecule has 1 aliphatic rings. The first-order chi connectivity index (χ1) is 14.5. The van der Waals surface area contributed by atoms with Crippen molar-refractivity contribution in [3.63, 3.8) is 0 Å².